The van der Waals surface area contributed by atoms with Gasteiger partial charge in [-0.3, -0.25) is 24.1 Å². The Kier molecular flexibility index (Phi) is 10.4. The van der Waals surface area contributed by atoms with Crippen LogP contribution in [0.15, 0.2) is 30.4 Å². The monoisotopic (exact) mass is 697 g/mol. The van der Waals surface area contributed by atoms with Crippen molar-refractivity contribution >= 4 is 29.9 Å². The molecule has 272 valence electrons. The number of alkyl carbamates (subject to hydrolysis) is 1. The van der Waals surface area contributed by atoms with Gasteiger partial charge in [-0.2, -0.15) is 0 Å². The summed E-state index contributed by atoms with van der Waals surface area (Å²) in [5.74, 6) is -1.81. The van der Waals surface area contributed by atoms with Crippen LogP contribution < -0.4 is 16.1 Å². The molecule has 0 bridgehead atoms. The first-order valence-electron chi connectivity index (χ1n) is 17.8. The number of hydrogen-bond acceptors (Lipinski definition) is 8. The molecule has 1 aromatic rings. The third-order valence-electron chi connectivity index (χ3n) is 9.97. The maximum Gasteiger partial charge on any atom is 0.410 e. The number of fused-ring (bicyclic) bond motifs is 3. The third kappa shape index (κ3) is 8.39. The Labute approximate surface area is 291 Å². The highest BCUT2D eigenvalue weighted by Gasteiger charge is 2.61. The van der Waals surface area contributed by atoms with E-state index in [0.29, 0.717) is 42.9 Å². The molecule has 3 heterocycles. The van der Waals surface area contributed by atoms with Gasteiger partial charge in [0.15, 0.2) is 0 Å². The molecule has 13 nitrogen and oxygen atoms in total. The van der Waals surface area contributed by atoms with E-state index in [-0.39, 0.29) is 32.0 Å². The third-order valence-corrected chi connectivity index (χ3v) is 9.97. The van der Waals surface area contributed by atoms with Crippen molar-refractivity contribution in [3.63, 3.8) is 0 Å². The zero-order valence-corrected chi connectivity index (χ0v) is 29.0. The second-order valence-corrected chi connectivity index (χ2v) is 15.2. The van der Waals surface area contributed by atoms with Crippen molar-refractivity contribution in [2.24, 2.45) is 11.8 Å². The summed E-state index contributed by atoms with van der Waals surface area (Å²) < 4.78 is 25.7. The van der Waals surface area contributed by atoms with Crippen molar-refractivity contribution in [1.82, 2.24) is 25.9 Å². The molecule has 50 heavy (non-hydrogen) atoms. The standard InChI is InChI=1S/C36H48FN5O8/c1-35(2,3)50-33(46)38-28-13-8-6-4-5-7-11-24-17-36(24,32(45)40-48-21-22-14-15-22)39-30(43)29-16-25(19-42(29)31(28)44)49-34(47)41-18-23-10-9-12-27(37)26(23)20-41/h7,9-12,22,24-25,28-29H,4-6,8,13-21H2,1-3H3,(H,38,46)(H,39,43)(H,40,45)/t24-,25-,28+,29+,36-/m1/s1. The summed E-state index contributed by atoms with van der Waals surface area (Å²) >= 11 is 0. The lowest BCUT2D eigenvalue weighted by Crippen LogP contribution is -2.58. The summed E-state index contributed by atoms with van der Waals surface area (Å²) in [5.41, 5.74) is 1.58. The number of benzene rings is 1. The van der Waals surface area contributed by atoms with E-state index in [0.717, 1.165) is 32.1 Å². The average molecular weight is 698 g/mol. The summed E-state index contributed by atoms with van der Waals surface area (Å²) in [6, 6.07) is 2.57. The number of carbonyl (C=O) groups excluding carboxylic acids is 5. The highest BCUT2D eigenvalue weighted by Crippen LogP contribution is 2.45. The number of ether oxygens (including phenoxy) is 2. The zero-order chi connectivity index (χ0) is 35.6. The molecule has 0 radical (unpaired) electrons. The Bertz CT molecular complexity index is 1530. The van der Waals surface area contributed by atoms with Crippen LogP contribution in [0.5, 0.6) is 0 Å². The minimum Gasteiger partial charge on any atom is -0.444 e. The van der Waals surface area contributed by atoms with Crippen LogP contribution in [0.3, 0.4) is 0 Å². The van der Waals surface area contributed by atoms with Crippen LogP contribution in [0.1, 0.15) is 89.7 Å². The van der Waals surface area contributed by atoms with Gasteiger partial charge in [-0.15, -0.1) is 0 Å². The van der Waals surface area contributed by atoms with Gasteiger partial charge in [-0.25, -0.2) is 19.5 Å². The van der Waals surface area contributed by atoms with E-state index < -0.39 is 65.1 Å². The molecule has 2 aliphatic carbocycles. The number of amides is 5. The van der Waals surface area contributed by atoms with Gasteiger partial charge in [0.2, 0.25) is 11.8 Å². The van der Waals surface area contributed by atoms with Gasteiger partial charge < -0.3 is 25.0 Å². The predicted octanol–water partition coefficient (Wildman–Crippen LogP) is 3.99. The fourth-order valence-electron chi connectivity index (χ4n) is 6.94. The van der Waals surface area contributed by atoms with E-state index in [1.165, 1.54) is 15.9 Å². The molecule has 3 aliphatic heterocycles. The van der Waals surface area contributed by atoms with E-state index in [1.807, 2.05) is 12.2 Å². The molecular weight excluding hydrogens is 649 g/mol. The van der Waals surface area contributed by atoms with Gasteiger partial charge in [-0.05, 0) is 76.8 Å². The quantitative estimate of drug-likeness (QED) is 0.298. The zero-order valence-electron chi connectivity index (χ0n) is 29.0. The molecule has 0 aromatic heterocycles. The average Bonchev–Trinajstić information content (AvgIpc) is 3.90. The van der Waals surface area contributed by atoms with E-state index in [1.54, 1.807) is 32.9 Å². The Morgan fingerprint density at radius 2 is 1.88 bits per heavy atom. The van der Waals surface area contributed by atoms with Gasteiger partial charge in [0.25, 0.3) is 5.91 Å². The number of nitrogens with one attached hydrogen (secondary N) is 3. The first kappa shape index (κ1) is 35.6. The summed E-state index contributed by atoms with van der Waals surface area (Å²) in [6.07, 6.45) is 7.37. The largest absolute Gasteiger partial charge is 0.444 e. The van der Waals surface area contributed by atoms with Crippen LogP contribution in [-0.4, -0.2) is 82.2 Å². The summed E-state index contributed by atoms with van der Waals surface area (Å²) in [6.45, 7) is 5.66. The number of nitrogens with zero attached hydrogens (tertiary/aromatic N) is 2. The van der Waals surface area contributed by atoms with Crippen molar-refractivity contribution in [1.29, 1.82) is 0 Å². The molecule has 0 unspecified atom stereocenters. The van der Waals surface area contributed by atoms with E-state index >= 15 is 0 Å². The van der Waals surface area contributed by atoms with Crippen LogP contribution in [0, 0.1) is 17.7 Å². The summed E-state index contributed by atoms with van der Waals surface area (Å²) in [4.78, 5) is 76.3. The van der Waals surface area contributed by atoms with E-state index in [2.05, 4.69) is 16.1 Å². The van der Waals surface area contributed by atoms with Crippen molar-refractivity contribution in [3.8, 4) is 0 Å². The highest BCUT2D eigenvalue weighted by molar-refractivity contribution is 5.98. The molecule has 0 spiro atoms. The molecule has 5 atom stereocenters. The maximum absolute atomic E-state index is 14.4. The Morgan fingerprint density at radius 3 is 2.62 bits per heavy atom. The first-order chi connectivity index (χ1) is 23.8. The summed E-state index contributed by atoms with van der Waals surface area (Å²) in [7, 11) is 0. The Morgan fingerprint density at radius 1 is 1.08 bits per heavy atom. The van der Waals surface area contributed by atoms with Gasteiger partial charge in [0.1, 0.15) is 35.1 Å². The molecule has 3 N–H and O–H groups in total. The Balaban J connectivity index is 1.22. The van der Waals surface area contributed by atoms with Gasteiger partial charge >= 0.3 is 12.2 Å². The second-order valence-electron chi connectivity index (χ2n) is 15.2. The molecule has 14 heteroatoms. The number of carbonyl (C=O) groups is 5. The number of hydrogen-bond donors (Lipinski definition) is 3. The SMILES string of the molecule is CC(C)(C)OC(=O)N[C@H]1CCCCCC=C[C@@H]2C[C@@]2(C(=O)NOCC2CC2)NC(=O)[C@@H]2C[C@@H](OC(=O)N3Cc4cccc(F)c4C3)CN2C1=O. The van der Waals surface area contributed by atoms with E-state index in [4.69, 9.17) is 14.3 Å². The fraction of sp³-hybridized carbons (Fsp3) is 0.639. The lowest BCUT2D eigenvalue weighted by atomic mass is 10.0. The van der Waals surface area contributed by atoms with Crippen molar-refractivity contribution < 1.29 is 42.7 Å². The van der Waals surface area contributed by atoms with Crippen LogP contribution in [0.4, 0.5) is 14.0 Å². The van der Waals surface area contributed by atoms with Crippen molar-refractivity contribution in [3.05, 3.63) is 47.3 Å². The Hall–Kier alpha value is -4.20. The van der Waals surface area contributed by atoms with Crippen LogP contribution in [0.25, 0.3) is 0 Å². The van der Waals surface area contributed by atoms with Crippen molar-refractivity contribution in [2.75, 3.05) is 13.2 Å². The smallest absolute Gasteiger partial charge is 0.410 e. The van der Waals surface area contributed by atoms with Crippen LogP contribution >= 0.6 is 0 Å². The topological polar surface area (TPSA) is 156 Å². The van der Waals surface area contributed by atoms with Crippen molar-refractivity contribution in [2.45, 2.75) is 121 Å². The van der Waals surface area contributed by atoms with Gasteiger partial charge in [-0.1, -0.05) is 37.1 Å². The summed E-state index contributed by atoms with van der Waals surface area (Å²) in [5, 5.41) is 5.65. The molecule has 2 saturated carbocycles. The maximum atomic E-state index is 14.4. The fourth-order valence-corrected chi connectivity index (χ4v) is 6.94. The second kappa shape index (κ2) is 14.6. The van der Waals surface area contributed by atoms with E-state index in [9.17, 15) is 28.4 Å². The normalized spacial score (nSPS) is 28.3. The lowest BCUT2D eigenvalue weighted by molar-refractivity contribution is -0.143. The number of rotatable bonds is 6. The minimum atomic E-state index is -1.26. The molecule has 6 rings (SSSR count). The molecule has 1 aromatic carbocycles. The predicted molar refractivity (Wildman–Crippen MR) is 177 cm³/mol. The highest BCUT2D eigenvalue weighted by atomic mass is 19.1. The first-order valence-corrected chi connectivity index (χ1v) is 17.8. The lowest BCUT2D eigenvalue weighted by Gasteiger charge is -2.30. The number of hydroxylamine groups is 1. The van der Waals surface area contributed by atoms with Crippen LogP contribution in [-0.2, 0) is 41.8 Å². The molecule has 5 amide bonds. The number of allylic oxidation sites excluding steroid dienone is 1. The molecule has 1 saturated heterocycles. The number of halogens is 1. The molecule has 5 aliphatic rings. The van der Waals surface area contributed by atoms with Gasteiger partial charge in [0, 0.05) is 24.4 Å². The molecular formula is C36H48FN5O8. The van der Waals surface area contributed by atoms with Gasteiger partial charge in [0.05, 0.1) is 19.7 Å². The van der Waals surface area contributed by atoms with Crippen LogP contribution in [0.2, 0.25) is 0 Å². The minimum absolute atomic E-state index is 0.0337. The molecule has 3 fully saturated rings.